The molecule has 0 bridgehead atoms. The Bertz CT molecular complexity index is 386. The van der Waals surface area contributed by atoms with Gasteiger partial charge in [0.2, 0.25) is 0 Å². The molecule has 0 radical (unpaired) electrons. The number of hydrogen-bond acceptors (Lipinski definition) is 2. The second-order valence-electron chi connectivity index (χ2n) is 6.63. The van der Waals surface area contributed by atoms with E-state index in [1.165, 1.54) is 24.0 Å². The Kier molecular flexibility index (Phi) is 4.64. The summed E-state index contributed by atoms with van der Waals surface area (Å²) >= 11 is 0. The first-order valence-corrected chi connectivity index (χ1v) is 7.42. The second kappa shape index (κ2) is 6.06. The molecule has 0 heterocycles. The predicted molar refractivity (Wildman–Crippen MR) is 80.1 cm³/mol. The van der Waals surface area contributed by atoms with Gasteiger partial charge in [-0.15, -0.1) is 0 Å². The van der Waals surface area contributed by atoms with Crippen molar-refractivity contribution < 1.29 is 4.74 Å². The van der Waals surface area contributed by atoms with Crippen molar-refractivity contribution in [1.29, 1.82) is 0 Å². The molecule has 0 spiro atoms. The summed E-state index contributed by atoms with van der Waals surface area (Å²) in [7, 11) is 0. The average Bonchev–Trinajstić information content (AvgIpc) is 2.39. The summed E-state index contributed by atoms with van der Waals surface area (Å²) in [5.41, 5.74) is 8.86. The SMILES string of the molecule is Cc1ccc(C(CN)OC2CCC(C)(C)CC2)cc1. The lowest BCUT2D eigenvalue weighted by Crippen LogP contribution is -2.29. The van der Waals surface area contributed by atoms with Crippen LogP contribution < -0.4 is 5.73 Å². The third-order valence-corrected chi connectivity index (χ3v) is 4.31. The highest BCUT2D eigenvalue weighted by molar-refractivity contribution is 5.23. The monoisotopic (exact) mass is 261 g/mol. The molecule has 2 N–H and O–H groups in total. The Balaban J connectivity index is 1.94. The van der Waals surface area contributed by atoms with Crippen LogP contribution in [0.1, 0.15) is 56.8 Å². The number of rotatable bonds is 4. The molecule has 1 saturated carbocycles. The summed E-state index contributed by atoms with van der Waals surface area (Å²) in [5, 5.41) is 0. The molecule has 106 valence electrons. The maximum absolute atomic E-state index is 6.23. The lowest BCUT2D eigenvalue weighted by molar-refractivity contribution is -0.0429. The van der Waals surface area contributed by atoms with E-state index in [1.54, 1.807) is 0 Å². The maximum Gasteiger partial charge on any atom is 0.0950 e. The molecule has 2 heteroatoms. The average molecular weight is 261 g/mol. The number of nitrogens with two attached hydrogens (primary N) is 1. The molecule has 1 aromatic carbocycles. The summed E-state index contributed by atoms with van der Waals surface area (Å²) in [6.45, 7) is 7.36. The van der Waals surface area contributed by atoms with E-state index in [1.807, 2.05) is 0 Å². The van der Waals surface area contributed by atoms with E-state index < -0.39 is 0 Å². The van der Waals surface area contributed by atoms with Crippen molar-refractivity contribution >= 4 is 0 Å². The van der Waals surface area contributed by atoms with Gasteiger partial charge in [0.25, 0.3) is 0 Å². The van der Waals surface area contributed by atoms with Crippen LogP contribution in [0, 0.1) is 12.3 Å². The lowest BCUT2D eigenvalue weighted by Gasteiger charge is -2.35. The first-order chi connectivity index (χ1) is 9.00. The summed E-state index contributed by atoms with van der Waals surface area (Å²) in [6.07, 6.45) is 5.26. The molecule has 0 aliphatic heterocycles. The molecule has 19 heavy (non-hydrogen) atoms. The van der Waals surface area contributed by atoms with Crippen LogP contribution in [0.2, 0.25) is 0 Å². The van der Waals surface area contributed by atoms with Gasteiger partial charge >= 0.3 is 0 Å². The molecule has 2 rings (SSSR count). The standard InChI is InChI=1S/C17H27NO/c1-13-4-6-14(7-5-13)16(12-18)19-15-8-10-17(2,3)11-9-15/h4-7,15-16H,8-12,18H2,1-3H3. The Hall–Kier alpha value is -0.860. The summed E-state index contributed by atoms with van der Waals surface area (Å²) < 4.78 is 6.23. The molecule has 1 aromatic rings. The van der Waals surface area contributed by atoms with Gasteiger partial charge in [-0.1, -0.05) is 43.7 Å². The number of hydrogen-bond donors (Lipinski definition) is 1. The molecule has 1 fully saturated rings. The molecule has 0 aromatic heterocycles. The van der Waals surface area contributed by atoms with E-state index in [9.17, 15) is 0 Å². The van der Waals surface area contributed by atoms with Crippen molar-refractivity contribution in [2.45, 2.75) is 58.7 Å². The fourth-order valence-corrected chi connectivity index (χ4v) is 2.79. The number of benzene rings is 1. The van der Waals surface area contributed by atoms with Crippen molar-refractivity contribution in [2.75, 3.05) is 6.54 Å². The Morgan fingerprint density at radius 3 is 2.32 bits per heavy atom. The fourth-order valence-electron chi connectivity index (χ4n) is 2.79. The van der Waals surface area contributed by atoms with Crippen molar-refractivity contribution in [1.82, 2.24) is 0 Å². The van der Waals surface area contributed by atoms with Crippen LogP contribution in [0.3, 0.4) is 0 Å². The molecule has 0 saturated heterocycles. The third-order valence-electron chi connectivity index (χ3n) is 4.31. The second-order valence-corrected chi connectivity index (χ2v) is 6.63. The van der Waals surface area contributed by atoms with Crippen molar-refractivity contribution in [3.63, 3.8) is 0 Å². The zero-order valence-corrected chi connectivity index (χ0v) is 12.5. The van der Waals surface area contributed by atoms with E-state index in [0.29, 0.717) is 18.1 Å². The van der Waals surface area contributed by atoms with Crippen molar-refractivity contribution in [3.05, 3.63) is 35.4 Å². The zero-order chi connectivity index (χ0) is 13.9. The molecular formula is C17H27NO. The molecule has 1 unspecified atom stereocenters. The van der Waals surface area contributed by atoms with Gasteiger partial charge in [-0.25, -0.2) is 0 Å². The van der Waals surface area contributed by atoms with Crippen LogP contribution in [0.4, 0.5) is 0 Å². The lowest BCUT2D eigenvalue weighted by atomic mass is 9.76. The van der Waals surface area contributed by atoms with E-state index in [2.05, 4.69) is 45.0 Å². The highest BCUT2D eigenvalue weighted by atomic mass is 16.5. The van der Waals surface area contributed by atoms with Gasteiger partial charge < -0.3 is 10.5 Å². The minimum absolute atomic E-state index is 0.0480. The molecule has 1 atom stereocenters. The summed E-state index contributed by atoms with van der Waals surface area (Å²) in [6, 6.07) is 8.54. The van der Waals surface area contributed by atoms with Gasteiger partial charge in [-0.05, 0) is 43.6 Å². The number of ether oxygens (including phenoxy) is 1. The van der Waals surface area contributed by atoms with Crippen LogP contribution >= 0.6 is 0 Å². The van der Waals surface area contributed by atoms with E-state index in [0.717, 1.165) is 12.8 Å². The topological polar surface area (TPSA) is 35.2 Å². The maximum atomic E-state index is 6.23. The van der Waals surface area contributed by atoms with Crippen LogP contribution in [-0.4, -0.2) is 12.6 Å². The normalized spacial score (nSPS) is 21.3. The highest BCUT2D eigenvalue weighted by Crippen LogP contribution is 2.37. The Labute approximate surface area is 117 Å². The Morgan fingerprint density at radius 1 is 1.21 bits per heavy atom. The third kappa shape index (κ3) is 4.05. The minimum Gasteiger partial charge on any atom is -0.369 e. The first kappa shape index (κ1) is 14.5. The van der Waals surface area contributed by atoms with Crippen LogP contribution in [-0.2, 0) is 4.74 Å². The van der Waals surface area contributed by atoms with E-state index >= 15 is 0 Å². The fraction of sp³-hybridized carbons (Fsp3) is 0.647. The van der Waals surface area contributed by atoms with Gasteiger partial charge in [-0.3, -0.25) is 0 Å². The zero-order valence-electron chi connectivity index (χ0n) is 12.5. The molecule has 1 aliphatic rings. The van der Waals surface area contributed by atoms with Crippen molar-refractivity contribution in [2.24, 2.45) is 11.1 Å². The highest BCUT2D eigenvalue weighted by Gasteiger charge is 2.28. The molecule has 0 amide bonds. The molecule has 2 nitrogen and oxygen atoms in total. The van der Waals surface area contributed by atoms with Crippen molar-refractivity contribution in [3.8, 4) is 0 Å². The largest absolute Gasteiger partial charge is 0.369 e. The Morgan fingerprint density at radius 2 is 1.79 bits per heavy atom. The van der Waals surface area contributed by atoms with E-state index in [4.69, 9.17) is 10.5 Å². The van der Waals surface area contributed by atoms with E-state index in [-0.39, 0.29) is 6.10 Å². The first-order valence-electron chi connectivity index (χ1n) is 7.42. The number of aryl methyl sites for hydroxylation is 1. The van der Waals surface area contributed by atoms with Crippen LogP contribution in [0.25, 0.3) is 0 Å². The molecule has 1 aliphatic carbocycles. The minimum atomic E-state index is 0.0480. The van der Waals surface area contributed by atoms with Crippen LogP contribution in [0.5, 0.6) is 0 Å². The predicted octanol–water partition coefficient (Wildman–Crippen LogP) is 3.98. The van der Waals surface area contributed by atoms with Crippen LogP contribution in [0.15, 0.2) is 24.3 Å². The smallest absolute Gasteiger partial charge is 0.0950 e. The summed E-state index contributed by atoms with van der Waals surface area (Å²) in [5.74, 6) is 0. The summed E-state index contributed by atoms with van der Waals surface area (Å²) in [4.78, 5) is 0. The van der Waals surface area contributed by atoms with Gasteiger partial charge in [0.1, 0.15) is 0 Å². The van der Waals surface area contributed by atoms with Gasteiger partial charge in [0, 0.05) is 6.54 Å². The van der Waals surface area contributed by atoms with Gasteiger partial charge in [0.05, 0.1) is 12.2 Å². The quantitative estimate of drug-likeness (QED) is 0.889. The molecular weight excluding hydrogens is 234 g/mol. The van der Waals surface area contributed by atoms with Gasteiger partial charge in [-0.2, -0.15) is 0 Å². The van der Waals surface area contributed by atoms with Gasteiger partial charge in [0.15, 0.2) is 0 Å².